The topological polar surface area (TPSA) is 60.0 Å². The molecular weight excluding hydrogens is 230 g/mol. The van der Waals surface area contributed by atoms with Crippen molar-refractivity contribution in [3.63, 3.8) is 0 Å². The molecule has 0 aliphatic rings. The van der Waals surface area contributed by atoms with Crippen LogP contribution >= 0.6 is 0 Å². The first kappa shape index (κ1) is 12.8. The lowest BCUT2D eigenvalue weighted by atomic mass is 10.2. The Bertz CT molecular complexity index is 530. The summed E-state index contributed by atoms with van der Waals surface area (Å²) in [5.41, 5.74) is 2.27. The van der Waals surface area contributed by atoms with Crippen molar-refractivity contribution in [3.05, 3.63) is 29.2 Å². The minimum atomic E-state index is 0.0887. The number of hydrogen-bond acceptors (Lipinski definition) is 5. The molecule has 18 heavy (non-hydrogen) atoms. The lowest BCUT2D eigenvalue weighted by Crippen LogP contribution is -2.22. The molecule has 0 N–H and O–H groups in total. The highest BCUT2D eigenvalue weighted by atomic mass is 16.5. The Morgan fingerprint density at radius 1 is 1.44 bits per heavy atom. The number of rotatable bonds is 4. The second kappa shape index (κ2) is 4.89. The summed E-state index contributed by atoms with van der Waals surface area (Å²) in [7, 11) is 3.97. The van der Waals surface area contributed by atoms with E-state index in [0.29, 0.717) is 11.7 Å². The molecule has 0 aliphatic heterocycles. The van der Waals surface area contributed by atoms with Gasteiger partial charge in [0, 0.05) is 25.4 Å². The maximum Gasteiger partial charge on any atom is 0.243 e. The molecule has 2 rings (SSSR count). The zero-order valence-electron chi connectivity index (χ0n) is 11.5. The quantitative estimate of drug-likeness (QED) is 0.824. The van der Waals surface area contributed by atoms with Gasteiger partial charge in [0.05, 0.1) is 11.7 Å². The average molecular weight is 249 g/mol. The van der Waals surface area contributed by atoms with E-state index in [2.05, 4.69) is 27.1 Å². The predicted octanol–water partition coefficient (Wildman–Crippen LogP) is 1.61. The van der Waals surface area contributed by atoms with Gasteiger partial charge in [-0.05, 0) is 27.8 Å². The minimum Gasteiger partial charge on any atom is -0.338 e. The van der Waals surface area contributed by atoms with Crippen LogP contribution in [0, 0.1) is 13.8 Å². The van der Waals surface area contributed by atoms with Gasteiger partial charge in [0.15, 0.2) is 5.82 Å². The molecule has 0 unspecified atom stereocenters. The fraction of sp³-hybridized carbons (Fsp3) is 0.583. The van der Waals surface area contributed by atoms with Crippen LogP contribution in [0.1, 0.15) is 35.9 Å². The lowest BCUT2D eigenvalue weighted by molar-refractivity contribution is 0.202. The van der Waals surface area contributed by atoms with E-state index in [0.717, 1.165) is 12.2 Å². The third-order valence-corrected chi connectivity index (χ3v) is 3.10. The zero-order chi connectivity index (χ0) is 13.3. The van der Waals surface area contributed by atoms with E-state index in [1.807, 2.05) is 38.8 Å². The van der Waals surface area contributed by atoms with Gasteiger partial charge in [-0.3, -0.25) is 9.58 Å². The highest BCUT2D eigenvalue weighted by molar-refractivity contribution is 5.15. The van der Waals surface area contributed by atoms with Gasteiger partial charge in [0.2, 0.25) is 5.89 Å². The molecule has 6 heteroatoms. The zero-order valence-corrected chi connectivity index (χ0v) is 11.5. The van der Waals surface area contributed by atoms with E-state index in [9.17, 15) is 0 Å². The number of aryl methyl sites for hydroxylation is 3. The Labute approximate surface area is 107 Å². The highest BCUT2D eigenvalue weighted by Crippen LogP contribution is 2.19. The SMILES string of the molecule is Cc1noc([C@H](C)N(C)Cc2cn(C)nc2C)n1. The summed E-state index contributed by atoms with van der Waals surface area (Å²) in [5, 5.41) is 8.16. The minimum absolute atomic E-state index is 0.0887. The smallest absolute Gasteiger partial charge is 0.243 e. The Morgan fingerprint density at radius 2 is 2.17 bits per heavy atom. The van der Waals surface area contributed by atoms with Gasteiger partial charge in [-0.25, -0.2) is 0 Å². The predicted molar refractivity (Wildman–Crippen MR) is 66.9 cm³/mol. The molecule has 6 nitrogen and oxygen atoms in total. The van der Waals surface area contributed by atoms with Crippen LogP contribution in [0.3, 0.4) is 0 Å². The molecular formula is C12H19N5O. The van der Waals surface area contributed by atoms with Gasteiger partial charge in [0.25, 0.3) is 0 Å². The lowest BCUT2D eigenvalue weighted by Gasteiger charge is -2.21. The van der Waals surface area contributed by atoms with Crippen molar-refractivity contribution in [3.8, 4) is 0 Å². The van der Waals surface area contributed by atoms with Crippen molar-refractivity contribution < 1.29 is 4.52 Å². The summed E-state index contributed by atoms with van der Waals surface area (Å²) in [6.45, 7) is 6.70. The van der Waals surface area contributed by atoms with Crippen LogP contribution < -0.4 is 0 Å². The molecule has 0 aromatic carbocycles. The van der Waals surface area contributed by atoms with E-state index in [4.69, 9.17) is 4.52 Å². The molecule has 0 fully saturated rings. The number of nitrogens with zero attached hydrogens (tertiary/aromatic N) is 5. The van der Waals surface area contributed by atoms with Crippen LogP contribution in [0.2, 0.25) is 0 Å². The molecule has 0 saturated heterocycles. The van der Waals surface area contributed by atoms with E-state index in [-0.39, 0.29) is 6.04 Å². The van der Waals surface area contributed by atoms with Gasteiger partial charge >= 0.3 is 0 Å². The van der Waals surface area contributed by atoms with E-state index < -0.39 is 0 Å². The Hall–Kier alpha value is -1.69. The summed E-state index contributed by atoms with van der Waals surface area (Å²) in [4.78, 5) is 6.42. The first-order valence-corrected chi connectivity index (χ1v) is 5.97. The van der Waals surface area contributed by atoms with E-state index >= 15 is 0 Å². The summed E-state index contributed by atoms with van der Waals surface area (Å²) < 4.78 is 7.03. The molecule has 2 aromatic rings. The second-order valence-corrected chi connectivity index (χ2v) is 4.68. The maximum absolute atomic E-state index is 5.20. The molecule has 0 bridgehead atoms. The Balaban J connectivity index is 2.08. The van der Waals surface area contributed by atoms with Crippen LogP contribution in [-0.2, 0) is 13.6 Å². The second-order valence-electron chi connectivity index (χ2n) is 4.68. The largest absolute Gasteiger partial charge is 0.338 e. The van der Waals surface area contributed by atoms with Crippen molar-refractivity contribution in [2.45, 2.75) is 33.4 Å². The molecule has 0 saturated carbocycles. The van der Waals surface area contributed by atoms with Gasteiger partial charge in [-0.1, -0.05) is 5.16 Å². The maximum atomic E-state index is 5.20. The fourth-order valence-corrected chi connectivity index (χ4v) is 1.88. The average Bonchev–Trinajstić information content (AvgIpc) is 2.85. The standard InChI is InChI=1S/C12H19N5O/c1-8-11(7-17(5)14-8)6-16(4)9(2)12-13-10(3)15-18-12/h7,9H,6H2,1-5H3/t9-/m0/s1. The van der Waals surface area contributed by atoms with Crippen LogP contribution in [0.5, 0.6) is 0 Å². The van der Waals surface area contributed by atoms with Crippen LogP contribution in [0.15, 0.2) is 10.7 Å². The van der Waals surface area contributed by atoms with Crippen molar-refractivity contribution in [2.75, 3.05) is 7.05 Å². The molecule has 0 amide bonds. The van der Waals surface area contributed by atoms with Gasteiger partial charge in [-0.15, -0.1) is 0 Å². The fourth-order valence-electron chi connectivity index (χ4n) is 1.88. The molecule has 0 radical (unpaired) electrons. The van der Waals surface area contributed by atoms with Crippen LogP contribution in [-0.4, -0.2) is 31.9 Å². The third kappa shape index (κ3) is 2.59. The molecule has 98 valence electrons. The first-order chi connectivity index (χ1) is 8.47. The third-order valence-electron chi connectivity index (χ3n) is 3.10. The monoisotopic (exact) mass is 249 g/mol. The Morgan fingerprint density at radius 3 is 2.67 bits per heavy atom. The van der Waals surface area contributed by atoms with Crippen LogP contribution in [0.4, 0.5) is 0 Å². The van der Waals surface area contributed by atoms with Gasteiger partial charge < -0.3 is 4.52 Å². The van der Waals surface area contributed by atoms with Crippen molar-refractivity contribution in [1.82, 2.24) is 24.8 Å². The summed E-state index contributed by atoms with van der Waals surface area (Å²) in [5.74, 6) is 1.32. The highest BCUT2D eigenvalue weighted by Gasteiger charge is 2.19. The molecule has 2 aromatic heterocycles. The van der Waals surface area contributed by atoms with E-state index in [1.54, 1.807) is 0 Å². The first-order valence-electron chi connectivity index (χ1n) is 5.97. The van der Waals surface area contributed by atoms with Gasteiger partial charge in [-0.2, -0.15) is 10.1 Å². The van der Waals surface area contributed by atoms with Crippen molar-refractivity contribution in [2.24, 2.45) is 7.05 Å². The normalized spacial score (nSPS) is 13.2. The van der Waals surface area contributed by atoms with E-state index in [1.165, 1.54) is 5.56 Å². The Kier molecular flexibility index (Phi) is 3.47. The summed E-state index contributed by atoms with van der Waals surface area (Å²) in [6.07, 6.45) is 2.04. The van der Waals surface area contributed by atoms with Crippen molar-refractivity contribution >= 4 is 0 Å². The number of hydrogen-bond donors (Lipinski definition) is 0. The molecule has 0 aliphatic carbocycles. The van der Waals surface area contributed by atoms with Gasteiger partial charge in [0.1, 0.15) is 0 Å². The summed E-state index contributed by atoms with van der Waals surface area (Å²) >= 11 is 0. The molecule has 2 heterocycles. The number of aromatic nitrogens is 4. The molecule has 1 atom stereocenters. The molecule has 0 spiro atoms. The van der Waals surface area contributed by atoms with Crippen LogP contribution in [0.25, 0.3) is 0 Å². The van der Waals surface area contributed by atoms with Crippen molar-refractivity contribution in [1.29, 1.82) is 0 Å². The summed E-state index contributed by atoms with van der Waals surface area (Å²) in [6, 6.07) is 0.0887.